The standard InChI is InChI=1S/2C14H11ClN4O2/c2*1-21-10-4-2-9(3-5-10)6-19-8-18-14(20)11-12(15)16-7-17-13(11)19/h2*2-5,7-8H,6H2,1H3. The van der Waals surface area contributed by atoms with E-state index in [9.17, 15) is 9.59 Å². The quantitative estimate of drug-likeness (QED) is 0.258. The zero-order valence-electron chi connectivity index (χ0n) is 22.3. The third-order valence-corrected chi connectivity index (χ3v) is 6.76. The molecule has 0 aliphatic heterocycles. The van der Waals surface area contributed by atoms with Gasteiger partial charge in [-0.25, -0.2) is 19.9 Å². The van der Waals surface area contributed by atoms with Gasteiger partial charge in [0.25, 0.3) is 11.1 Å². The first-order valence-electron chi connectivity index (χ1n) is 12.3. The van der Waals surface area contributed by atoms with Crippen LogP contribution in [0.4, 0.5) is 0 Å². The molecule has 0 bridgehead atoms. The van der Waals surface area contributed by atoms with Crippen molar-refractivity contribution in [2.75, 3.05) is 14.2 Å². The number of ether oxygens (including phenoxy) is 2. The maximum Gasteiger partial charge on any atom is 0.285 e. The van der Waals surface area contributed by atoms with Crippen molar-refractivity contribution in [1.82, 2.24) is 39.0 Å². The molecule has 12 nitrogen and oxygen atoms in total. The second-order valence-corrected chi connectivity index (χ2v) is 9.49. The van der Waals surface area contributed by atoms with Gasteiger partial charge in [-0.15, -0.1) is 0 Å². The van der Waals surface area contributed by atoms with Crippen molar-refractivity contribution in [3.05, 3.63) is 116 Å². The van der Waals surface area contributed by atoms with Crippen molar-refractivity contribution in [1.29, 1.82) is 0 Å². The van der Waals surface area contributed by atoms with Crippen LogP contribution < -0.4 is 20.6 Å². The molecule has 0 atom stereocenters. The van der Waals surface area contributed by atoms with E-state index in [0.717, 1.165) is 22.6 Å². The molecule has 14 heteroatoms. The summed E-state index contributed by atoms with van der Waals surface area (Å²) in [5.74, 6) is 1.57. The van der Waals surface area contributed by atoms with E-state index >= 15 is 0 Å². The number of methoxy groups -OCH3 is 2. The van der Waals surface area contributed by atoms with Crippen LogP contribution in [0.25, 0.3) is 22.1 Å². The van der Waals surface area contributed by atoms with E-state index in [-0.39, 0.29) is 21.1 Å². The van der Waals surface area contributed by atoms with Gasteiger partial charge in [0.15, 0.2) is 11.3 Å². The van der Waals surface area contributed by atoms with Gasteiger partial charge in [-0.1, -0.05) is 47.5 Å². The minimum atomic E-state index is -0.429. The van der Waals surface area contributed by atoms with Crippen LogP contribution in [0, 0.1) is 0 Å². The summed E-state index contributed by atoms with van der Waals surface area (Å²) in [6, 6.07) is 15.2. The molecule has 0 radical (unpaired) electrons. The van der Waals surface area contributed by atoms with Gasteiger partial charge in [0.2, 0.25) is 0 Å². The van der Waals surface area contributed by atoms with Gasteiger partial charge in [0.05, 0.1) is 27.3 Å². The molecule has 0 unspecified atom stereocenters. The normalized spacial score (nSPS) is 10.8. The summed E-state index contributed by atoms with van der Waals surface area (Å²) in [5, 5.41) is 0.688. The van der Waals surface area contributed by atoms with E-state index in [1.165, 1.54) is 25.3 Å². The van der Waals surface area contributed by atoms with E-state index in [0.29, 0.717) is 24.4 Å². The van der Waals surface area contributed by atoms with E-state index in [1.54, 1.807) is 23.4 Å². The predicted molar refractivity (Wildman–Crippen MR) is 157 cm³/mol. The summed E-state index contributed by atoms with van der Waals surface area (Å²) in [7, 11) is 3.24. The summed E-state index contributed by atoms with van der Waals surface area (Å²) >= 11 is 11.9. The monoisotopic (exact) mass is 604 g/mol. The zero-order chi connectivity index (χ0) is 29.6. The molecular weight excluding hydrogens is 583 g/mol. The Morgan fingerprint density at radius 3 is 1.33 bits per heavy atom. The molecule has 0 N–H and O–H groups in total. The first-order chi connectivity index (χ1) is 20.4. The predicted octanol–water partition coefficient (Wildman–Crippen LogP) is 3.79. The van der Waals surface area contributed by atoms with Gasteiger partial charge >= 0.3 is 0 Å². The highest BCUT2D eigenvalue weighted by Gasteiger charge is 2.11. The van der Waals surface area contributed by atoms with Gasteiger partial charge in [0, 0.05) is 0 Å². The molecule has 0 aliphatic carbocycles. The molecule has 0 saturated heterocycles. The Kier molecular flexibility index (Phi) is 8.65. The van der Waals surface area contributed by atoms with Crippen LogP contribution in [-0.2, 0) is 13.1 Å². The number of aromatic nitrogens is 8. The third kappa shape index (κ3) is 6.19. The van der Waals surface area contributed by atoms with Gasteiger partial charge in [-0.05, 0) is 35.4 Å². The van der Waals surface area contributed by atoms with E-state index in [4.69, 9.17) is 32.7 Å². The lowest BCUT2D eigenvalue weighted by atomic mass is 10.2. The molecule has 2 aromatic carbocycles. The average molecular weight is 605 g/mol. The molecule has 6 rings (SSSR count). The van der Waals surface area contributed by atoms with Crippen LogP contribution in [0.1, 0.15) is 11.1 Å². The SMILES string of the molecule is COc1ccc(Cn2cnc(=O)c3c(Cl)ncnc32)cc1.COc1ccc(Cn2cnc(=O)c3c(Cl)ncnc32)cc1. The summed E-state index contributed by atoms with van der Waals surface area (Å²) in [6.45, 7) is 1.03. The van der Waals surface area contributed by atoms with Crippen LogP contribution in [0.2, 0.25) is 10.3 Å². The third-order valence-electron chi connectivity index (χ3n) is 6.19. The molecule has 6 aromatic rings. The highest BCUT2D eigenvalue weighted by atomic mass is 35.5. The Balaban J connectivity index is 0.000000168. The average Bonchev–Trinajstić information content (AvgIpc) is 3.01. The fraction of sp³-hybridized carbons (Fsp3) is 0.143. The van der Waals surface area contributed by atoms with Gasteiger partial charge < -0.3 is 18.6 Å². The Bertz CT molecular complexity index is 1840. The number of nitrogens with zero attached hydrogens (tertiary/aromatic N) is 8. The highest BCUT2D eigenvalue weighted by Crippen LogP contribution is 2.18. The van der Waals surface area contributed by atoms with Crippen molar-refractivity contribution < 1.29 is 9.47 Å². The lowest BCUT2D eigenvalue weighted by Gasteiger charge is -2.09. The van der Waals surface area contributed by atoms with Crippen molar-refractivity contribution >= 4 is 45.3 Å². The van der Waals surface area contributed by atoms with Crippen LogP contribution in [-0.4, -0.2) is 53.3 Å². The van der Waals surface area contributed by atoms with Gasteiger partial charge in [-0.2, -0.15) is 9.97 Å². The fourth-order valence-corrected chi connectivity index (χ4v) is 4.50. The Morgan fingerprint density at radius 2 is 0.976 bits per heavy atom. The zero-order valence-corrected chi connectivity index (χ0v) is 23.8. The number of benzene rings is 2. The van der Waals surface area contributed by atoms with Crippen molar-refractivity contribution in [2.45, 2.75) is 13.1 Å². The number of hydrogen-bond donors (Lipinski definition) is 0. The molecule has 212 valence electrons. The molecule has 4 aromatic heterocycles. The Labute approximate surface area is 248 Å². The van der Waals surface area contributed by atoms with Crippen molar-refractivity contribution in [3.63, 3.8) is 0 Å². The summed E-state index contributed by atoms with van der Waals surface area (Å²) in [4.78, 5) is 47.1. The van der Waals surface area contributed by atoms with Gasteiger partial charge in [-0.3, -0.25) is 9.59 Å². The minimum absolute atomic E-state index is 0.113. The maximum atomic E-state index is 11.8. The summed E-state index contributed by atoms with van der Waals surface area (Å²) < 4.78 is 13.8. The van der Waals surface area contributed by atoms with Crippen LogP contribution >= 0.6 is 23.2 Å². The van der Waals surface area contributed by atoms with Crippen LogP contribution in [0.3, 0.4) is 0 Å². The van der Waals surface area contributed by atoms with Crippen LogP contribution in [0.15, 0.2) is 83.4 Å². The fourth-order valence-electron chi connectivity index (χ4n) is 4.08. The lowest BCUT2D eigenvalue weighted by molar-refractivity contribution is 0.414. The van der Waals surface area contributed by atoms with E-state index < -0.39 is 11.1 Å². The molecule has 0 aliphatic rings. The summed E-state index contributed by atoms with van der Waals surface area (Å²) in [5.41, 5.74) is 2.12. The summed E-state index contributed by atoms with van der Waals surface area (Å²) in [6.07, 6.45) is 5.57. The number of hydrogen-bond acceptors (Lipinski definition) is 10. The number of rotatable bonds is 6. The molecule has 42 heavy (non-hydrogen) atoms. The van der Waals surface area contributed by atoms with Crippen LogP contribution in [0.5, 0.6) is 11.5 Å². The molecule has 0 fully saturated rings. The van der Waals surface area contributed by atoms with E-state index in [2.05, 4.69) is 29.9 Å². The molecule has 0 amide bonds. The second-order valence-electron chi connectivity index (χ2n) is 8.78. The molecule has 0 spiro atoms. The molecule has 4 heterocycles. The van der Waals surface area contributed by atoms with E-state index in [1.807, 2.05) is 48.5 Å². The smallest absolute Gasteiger partial charge is 0.285 e. The first kappa shape index (κ1) is 28.6. The lowest BCUT2D eigenvalue weighted by Crippen LogP contribution is -2.15. The maximum absolute atomic E-state index is 11.8. The minimum Gasteiger partial charge on any atom is -0.497 e. The Hall–Kier alpha value is -4.94. The largest absolute Gasteiger partial charge is 0.497 e. The molecule has 0 saturated carbocycles. The molecular formula is C28H22Cl2N8O4. The topological polar surface area (TPSA) is 140 Å². The van der Waals surface area contributed by atoms with Crippen molar-refractivity contribution in [3.8, 4) is 11.5 Å². The Morgan fingerprint density at radius 1 is 0.595 bits per heavy atom. The number of halogens is 2. The second kappa shape index (κ2) is 12.7. The number of fused-ring (bicyclic) bond motifs is 2. The van der Waals surface area contributed by atoms with Gasteiger partial charge in [0.1, 0.15) is 57.9 Å². The first-order valence-corrected chi connectivity index (χ1v) is 13.1. The van der Waals surface area contributed by atoms with Crippen molar-refractivity contribution in [2.24, 2.45) is 0 Å². The highest BCUT2D eigenvalue weighted by molar-refractivity contribution is 6.34.